The van der Waals surface area contributed by atoms with Crippen molar-refractivity contribution < 1.29 is 14.7 Å². The van der Waals surface area contributed by atoms with Crippen molar-refractivity contribution in [2.75, 3.05) is 26.2 Å². The molecule has 0 aromatic rings. The highest BCUT2D eigenvalue weighted by Gasteiger charge is 2.37. The molecule has 0 aromatic heterocycles. The van der Waals surface area contributed by atoms with E-state index in [1.807, 2.05) is 9.80 Å². The van der Waals surface area contributed by atoms with Crippen LogP contribution < -0.4 is 0 Å². The van der Waals surface area contributed by atoms with E-state index < -0.39 is 12.0 Å². The Morgan fingerprint density at radius 3 is 2.67 bits per heavy atom. The normalized spacial score (nSPS) is 25.5. The molecule has 102 valence electrons. The topological polar surface area (TPSA) is 60.9 Å². The lowest BCUT2D eigenvalue weighted by atomic mass is 10.1. The number of hydrogen-bond donors (Lipinski definition) is 1. The first-order chi connectivity index (χ1) is 8.61. The molecule has 18 heavy (non-hydrogen) atoms. The lowest BCUT2D eigenvalue weighted by molar-refractivity contribution is -0.149. The lowest BCUT2D eigenvalue weighted by Crippen LogP contribution is -2.58. The van der Waals surface area contributed by atoms with Crippen molar-refractivity contribution in [1.82, 2.24) is 9.80 Å². The van der Waals surface area contributed by atoms with E-state index in [4.69, 9.17) is 5.11 Å². The third kappa shape index (κ3) is 3.22. The number of amides is 1. The summed E-state index contributed by atoms with van der Waals surface area (Å²) in [5.74, 6) is -0.205. The van der Waals surface area contributed by atoms with Crippen LogP contribution in [0, 0.1) is 5.92 Å². The molecule has 1 saturated carbocycles. The summed E-state index contributed by atoms with van der Waals surface area (Å²) in [5, 5.41) is 8.95. The van der Waals surface area contributed by atoms with Gasteiger partial charge in [-0.15, -0.1) is 0 Å². The highest BCUT2D eigenvalue weighted by Crippen LogP contribution is 2.30. The number of hydrogen-bond acceptors (Lipinski definition) is 3. The van der Waals surface area contributed by atoms with Gasteiger partial charge in [0.25, 0.3) is 0 Å². The number of piperazine rings is 1. The zero-order chi connectivity index (χ0) is 13.1. The highest BCUT2D eigenvalue weighted by atomic mass is 16.4. The Bertz CT molecular complexity index is 328. The number of aliphatic carboxylic acids is 1. The Kier molecular flexibility index (Phi) is 4.22. The maximum atomic E-state index is 12.3. The van der Waals surface area contributed by atoms with E-state index in [0.29, 0.717) is 5.92 Å². The molecule has 1 aliphatic carbocycles. The van der Waals surface area contributed by atoms with E-state index >= 15 is 0 Å². The fourth-order valence-electron chi connectivity index (χ4n) is 2.61. The van der Waals surface area contributed by atoms with E-state index in [1.165, 1.54) is 12.8 Å². The molecular formula is C13H22N2O3. The summed E-state index contributed by atoms with van der Waals surface area (Å²) >= 11 is 0. The monoisotopic (exact) mass is 254 g/mol. The smallest absolute Gasteiger partial charge is 0.305 e. The highest BCUT2D eigenvalue weighted by molar-refractivity contribution is 5.86. The van der Waals surface area contributed by atoms with Gasteiger partial charge in [-0.25, -0.2) is 0 Å². The molecule has 1 aliphatic heterocycles. The van der Waals surface area contributed by atoms with E-state index in [9.17, 15) is 9.59 Å². The minimum absolute atomic E-state index is 0.0176. The van der Waals surface area contributed by atoms with Gasteiger partial charge in [-0.3, -0.25) is 14.5 Å². The molecule has 5 heteroatoms. The molecule has 5 nitrogen and oxygen atoms in total. The first kappa shape index (κ1) is 13.3. The molecule has 1 unspecified atom stereocenters. The van der Waals surface area contributed by atoms with Gasteiger partial charge in [0.1, 0.15) is 0 Å². The van der Waals surface area contributed by atoms with Crippen LogP contribution in [0.25, 0.3) is 0 Å². The second kappa shape index (κ2) is 5.69. The third-order valence-corrected chi connectivity index (χ3v) is 3.75. The van der Waals surface area contributed by atoms with Crippen LogP contribution >= 0.6 is 0 Å². The molecule has 2 rings (SSSR count). The minimum Gasteiger partial charge on any atom is -0.481 e. The lowest BCUT2D eigenvalue weighted by Gasteiger charge is -2.40. The van der Waals surface area contributed by atoms with E-state index in [-0.39, 0.29) is 12.3 Å². The summed E-state index contributed by atoms with van der Waals surface area (Å²) in [6.07, 6.45) is 3.31. The summed E-state index contributed by atoms with van der Waals surface area (Å²) in [4.78, 5) is 27.1. The summed E-state index contributed by atoms with van der Waals surface area (Å²) in [5.41, 5.74) is 0. The molecule has 1 heterocycles. The number of rotatable bonds is 6. The Morgan fingerprint density at radius 1 is 1.39 bits per heavy atom. The van der Waals surface area contributed by atoms with Gasteiger partial charge in [-0.2, -0.15) is 0 Å². The molecule has 1 N–H and O–H groups in total. The average molecular weight is 254 g/mol. The number of carboxylic acid groups (broad SMARTS) is 1. The average Bonchev–Trinajstić information content (AvgIpc) is 3.11. The molecule has 1 atom stereocenters. The van der Waals surface area contributed by atoms with Crippen LogP contribution in [0.3, 0.4) is 0 Å². The Morgan fingerprint density at radius 2 is 2.11 bits per heavy atom. The maximum absolute atomic E-state index is 12.3. The van der Waals surface area contributed by atoms with Crippen LogP contribution in [-0.4, -0.2) is 59.0 Å². The zero-order valence-corrected chi connectivity index (χ0v) is 11.0. The largest absolute Gasteiger partial charge is 0.481 e. The minimum atomic E-state index is -0.886. The van der Waals surface area contributed by atoms with Gasteiger partial charge in [0.05, 0.1) is 12.5 Å². The van der Waals surface area contributed by atoms with Crippen LogP contribution in [0.2, 0.25) is 0 Å². The summed E-state index contributed by atoms with van der Waals surface area (Å²) in [7, 11) is 0. The van der Waals surface area contributed by atoms with Crippen molar-refractivity contribution in [3.05, 3.63) is 0 Å². The molecule has 2 aliphatic rings. The molecule has 1 amide bonds. The van der Waals surface area contributed by atoms with E-state index in [1.54, 1.807) is 0 Å². The van der Waals surface area contributed by atoms with Gasteiger partial charge in [-0.1, -0.05) is 6.92 Å². The van der Waals surface area contributed by atoms with Gasteiger partial charge in [0.15, 0.2) is 0 Å². The predicted octanol–water partition coefficient (Wildman–Crippen LogP) is 0.794. The molecule has 0 radical (unpaired) electrons. The molecule has 0 bridgehead atoms. The Balaban J connectivity index is 2.00. The third-order valence-electron chi connectivity index (χ3n) is 3.75. The zero-order valence-electron chi connectivity index (χ0n) is 11.0. The van der Waals surface area contributed by atoms with Crippen LogP contribution in [0.5, 0.6) is 0 Å². The number of carboxylic acids is 1. The van der Waals surface area contributed by atoms with Crippen LogP contribution in [0.15, 0.2) is 0 Å². The number of nitrogens with zero attached hydrogens (tertiary/aromatic N) is 2. The quantitative estimate of drug-likeness (QED) is 0.761. The van der Waals surface area contributed by atoms with E-state index in [0.717, 1.165) is 32.6 Å². The first-order valence-corrected chi connectivity index (χ1v) is 6.86. The second-order valence-corrected chi connectivity index (χ2v) is 5.38. The molecule has 2 fully saturated rings. The van der Waals surface area contributed by atoms with Crippen molar-refractivity contribution in [2.24, 2.45) is 5.92 Å². The predicted molar refractivity (Wildman–Crippen MR) is 67.2 cm³/mol. The fraction of sp³-hybridized carbons (Fsp3) is 0.846. The van der Waals surface area contributed by atoms with Crippen molar-refractivity contribution >= 4 is 11.9 Å². The van der Waals surface area contributed by atoms with Crippen molar-refractivity contribution in [3.8, 4) is 0 Å². The fourth-order valence-corrected chi connectivity index (χ4v) is 2.61. The van der Waals surface area contributed by atoms with Gasteiger partial charge in [-0.05, 0) is 31.7 Å². The van der Waals surface area contributed by atoms with Crippen LogP contribution in [-0.2, 0) is 9.59 Å². The number of carbonyl (C=O) groups is 2. The van der Waals surface area contributed by atoms with Crippen molar-refractivity contribution in [3.63, 3.8) is 0 Å². The summed E-state index contributed by atoms with van der Waals surface area (Å²) < 4.78 is 0. The summed E-state index contributed by atoms with van der Waals surface area (Å²) in [6, 6.07) is -0.449. The Labute approximate surface area is 108 Å². The van der Waals surface area contributed by atoms with Crippen molar-refractivity contribution in [2.45, 2.75) is 38.6 Å². The first-order valence-electron chi connectivity index (χ1n) is 6.86. The SMILES string of the molecule is CCCN1CCN(CC2CC2)C(=O)C1CC(=O)O. The van der Waals surface area contributed by atoms with Gasteiger partial charge in [0.2, 0.25) is 5.91 Å². The van der Waals surface area contributed by atoms with Crippen LogP contribution in [0.4, 0.5) is 0 Å². The second-order valence-electron chi connectivity index (χ2n) is 5.38. The van der Waals surface area contributed by atoms with Gasteiger partial charge >= 0.3 is 5.97 Å². The standard InChI is InChI=1S/C13H22N2O3/c1-2-5-14-6-7-15(9-10-3-4-10)13(18)11(14)8-12(16)17/h10-11H,2-9H2,1H3,(H,16,17). The van der Waals surface area contributed by atoms with Crippen LogP contribution in [0.1, 0.15) is 32.6 Å². The van der Waals surface area contributed by atoms with Crippen molar-refractivity contribution in [1.29, 1.82) is 0 Å². The molecule has 0 spiro atoms. The molecular weight excluding hydrogens is 232 g/mol. The number of carbonyl (C=O) groups excluding carboxylic acids is 1. The summed E-state index contributed by atoms with van der Waals surface area (Å²) in [6.45, 7) is 5.25. The Hall–Kier alpha value is -1.10. The van der Waals surface area contributed by atoms with Gasteiger partial charge < -0.3 is 10.0 Å². The van der Waals surface area contributed by atoms with Gasteiger partial charge in [0, 0.05) is 19.6 Å². The van der Waals surface area contributed by atoms with E-state index in [2.05, 4.69) is 6.92 Å². The molecule has 1 saturated heterocycles. The molecule has 0 aromatic carbocycles. The maximum Gasteiger partial charge on any atom is 0.305 e.